The highest BCUT2D eigenvalue weighted by Crippen LogP contribution is 2.27. The Morgan fingerprint density at radius 2 is 2.26 bits per heavy atom. The molecule has 3 N–H and O–H groups in total. The zero-order valence-electron chi connectivity index (χ0n) is 10.7. The molecule has 1 aromatic heterocycles. The highest BCUT2D eigenvalue weighted by molar-refractivity contribution is 6.35. The quantitative estimate of drug-likeness (QED) is 0.903. The van der Waals surface area contributed by atoms with Gasteiger partial charge in [0.05, 0.1) is 22.3 Å². The van der Waals surface area contributed by atoms with Crippen LogP contribution in [0.3, 0.4) is 0 Å². The monoisotopic (exact) mass is 277 g/mol. The maximum atomic E-state index is 11.9. The molecule has 1 atom stereocenters. The molecule has 0 bridgehead atoms. The summed E-state index contributed by atoms with van der Waals surface area (Å²) in [7, 11) is 0. The number of aromatic nitrogens is 1. The molecule has 0 aliphatic rings. The SMILES string of the molecule is CCC[C@@H](N)C(=O)Nc1ccc(Cl)c2cccnc12. The summed E-state index contributed by atoms with van der Waals surface area (Å²) in [5.74, 6) is -0.198. The summed E-state index contributed by atoms with van der Waals surface area (Å²) in [4.78, 5) is 16.2. The van der Waals surface area contributed by atoms with Crippen LogP contribution < -0.4 is 11.1 Å². The van der Waals surface area contributed by atoms with E-state index >= 15 is 0 Å². The number of anilines is 1. The molecule has 0 radical (unpaired) electrons. The van der Waals surface area contributed by atoms with Gasteiger partial charge in [0.2, 0.25) is 5.91 Å². The third kappa shape index (κ3) is 3.03. The minimum absolute atomic E-state index is 0.198. The number of nitrogens with two attached hydrogens (primary N) is 1. The average Bonchev–Trinajstić information content (AvgIpc) is 2.42. The predicted octanol–water partition coefficient (Wildman–Crippen LogP) is 2.95. The first-order chi connectivity index (χ1) is 9.13. The van der Waals surface area contributed by atoms with Crippen LogP contribution in [0.2, 0.25) is 5.02 Å². The van der Waals surface area contributed by atoms with Gasteiger partial charge < -0.3 is 11.1 Å². The van der Waals surface area contributed by atoms with Crippen LogP contribution in [0.15, 0.2) is 30.5 Å². The molecule has 2 rings (SSSR count). The van der Waals surface area contributed by atoms with Crippen LogP contribution in [-0.4, -0.2) is 16.9 Å². The number of hydrogen-bond acceptors (Lipinski definition) is 3. The van der Waals surface area contributed by atoms with Crippen LogP contribution in [0.4, 0.5) is 5.69 Å². The van der Waals surface area contributed by atoms with Gasteiger partial charge in [0, 0.05) is 11.6 Å². The number of carbonyl (C=O) groups excluding carboxylic acids is 1. The fraction of sp³-hybridized carbons (Fsp3) is 0.286. The number of nitrogens with zero attached hydrogens (tertiary/aromatic N) is 1. The number of nitrogens with one attached hydrogen (secondary N) is 1. The van der Waals surface area contributed by atoms with Crippen molar-refractivity contribution in [3.63, 3.8) is 0 Å². The number of fused-ring (bicyclic) bond motifs is 1. The van der Waals surface area contributed by atoms with Crippen molar-refractivity contribution in [3.8, 4) is 0 Å². The summed E-state index contributed by atoms with van der Waals surface area (Å²) < 4.78 is 0. The molecule has 1 aromatic carbocycles. The zero-order chi connectivity index (χ0) is 13.8. The summed E-state index contributed by atoms with van der Waals surface area (Å²) in [5.41, 5.74) is 7.10. The number of carbonyl (C=O) groups is 1. The molecular formula is C14H16ClN3O. The van der Waals surface area contributed by atoms with Crippen molar-refractivity contribution in [2.24, 2.45) is 5.73 Å². The third-order valence-corrected chi connectivity index (χ3v) is 3.24. The second-order valence-corrected chi connectivity index (χ2v) is 4.79. The van der Waals surface area contributed by atoms with Gasteiger partial charge in [0.1, 0.15) is 0 Å². The Morgan fingerprint density at radius 3 is 3.00 bits per heavy atom. The van der Waals surface area contributed by atoms with Gasteiger partial charge in [0.15, 0.2) is 0 Å². The van der Waals surface area contributed by atoms with Crippen molar-refractivity contribution < 1.29 is 4.79 Å². The lowest BCUT2D eigenvalue weighted by molar-refractivity contribution is -0.117. The summed E-state index contributed by atoms with van der Waals surface area (Å²) >= 11 is 6.10. The molecule has 4 nitrogen and oxygen atoms in total. The highest BCUT2D eigenvalue weighted by atomic mass is 35.5. The lowest BCUT2D eigenvalue weighted by atomic mass is 10.1. The number of halogens is 1. The summed E-state index contributed by atoms with van der Waals surface area (Å²) in [6.45, 7) is 1.99. The van der Waals surface area contributed by atoms with E-state index in [1.54, 1.807) is 18.3 Å². The molecule has 5 heteroatoms. The third-order valence-electron chi connectivity index (χ3n) is 2.91. The van der Waals surface area contributed by atoms with Gasteiger partial charge in [-0.2, -0.15) is 0 Å². The molecule has 2 aromatic rings. The summed E-state index contributed by atoms with van der Waals surface area (Å²) in [5, 5.41) is 4.23. The van der Waals surface area contributed by atoms with Crippen molar-refractivity contribution in [2.75, 3.05) is 5.32 Å². The number of benzene rings is 1. The fourth-order valence-corrected chi connectivity index (χ4v) is 2.12. The van der Waals surface area contributed by atoms with Crippen molar-refractivity contribution in [2.45, 2.75) is 25.8 Å². The maximum Gasteiger partial charge on any atom is 0.241 e. The van der Waals surface area contributed by atoms with Gasteiger partial charge in [0.25, 0.3) is 0 Å². The first-order valence-corrected chi connectivity index (χ1v) is 6.61. The Hall–Kier alpha value is -1.65. The van der Waals surface area contributed by atoms with E-state index < -0.39 is 6.04 Å². The number of hydrogen-bond donors (Lipinski definition) is 2. The number of rotatable bonds is 4. The van der Waals surface area contributed by atoms with Gasteiger partial charge in [-0.1, -0.05) is 24.9 Å². The number of amides is 1. The second kappa shape index (κ2) is 5.99. The minimum atomic E-state index is -0.501. The van der Waals surface area contributed by atoms with Crippen molar-refractivity contribution in [1.82, 2.24) is 4.98 Å². The Bertz CT molecular complexity index is 600. The first-order valence-electron chi connectivity index (χ1n) is 6.23. The van der Waals surface area contributed by atoms with Gasteiger partial charge in [-0.3, -0.25) is 9.78 Å². The predicted molar refractivity (Wildman–Crippen MR) is 78.3 cm³/mol. The molecule has 0 unspecified atom stereocenters. The normalized spacial score (nSPS) is 12.4. The molecule has 0 aliphatic carbocycles. The van der Waals surface area contributed by atoms with E-state index in [9.17, 15) is 4.79 Å². The standard InChI is InChI=1S/C14H16ClN3O/c1-2-4-11(16)14(19)18-12-7-6-10(15)9-5-3-8-17-13(9)12/h3,5-8,11H,2,4,16H2,1H3,(H,18,19)/t11-/m1/s1. The van der Waals surface area contributed by atoms with E-state index in [1.165, 1.54) is 0 Å². The molecule has 0 saturated heterocycles. The lowest BCUT2D eigenvalue weighted by Crippen LogP contribution is -2.35. The minimum Gasteiger partial charge on any atom is -0.323 e. The number of pyridine rings is 1. The molecule has 1 heterocycles. The molecule has 1 amide bonds. The van der Waals surface area contributed by atoms with Gasteiger partial charge in [-0.25, -0.2) is 0 Å². The van der Waals surface area contributed by atoms with E-state index in [-0.39, 0.29) is 5.91 Å². The molecular weight excluding hydrogens is 262 g/mol. The topological polar surface area (TPSA) is 68.0 Å². The summed E-state index contributed by atoms with van der Waals surface area (Å²) in [6, 6.07) is 6.66. The lowest BCUT2D eigenvalue weighted by Gasteiger charge is -2.13. The van der Waals surface area contributed by atoms with E-state index in [0.717, 1.165) is 11.8 Å². The molecule has 19 heavy (non-hydrogen) atoms. The first kappa shape index (κ1) is 13.8. The molecule has 0 saturated carbocycles. The molecule has 0 aliphatic heterocycles. The van der Waals surface area contributed by atoms with Gasteiger partial charge in [-0.05, 0) is 30.7 Å². The Kier molecular flexibility index (Phi) is 4.35. The molecule has 0 spiro atoms. The van der Waals surface area contributed by atoms with Crippen LogP contribution in [0.25, 0.3) is 10.9 Å². The van der Waals surface area contributed by atoms with Crippen LogP contribution >= 0.6 is 11.6 Å². The van der Waals surface area contributed by atoms with Crippen LogP contribution in [0, 0.1) is 0 Å². The van der Waals surface area contributed by atoms with E-state index in [0.29, 0.717) is 22.6 Å². The van der Waals surface area contributed by atoms with Crippen LogP contribution in [0.1, 0.15) is 19.8 Å². The van der Waals surface area contributed by atoms with Crippen LogP contribution in [0.5, 0.6) is 0 Å². The van der Waals surface area contributed by atoms with E-state index in [4.69, 9.17) is 17.3 Å². The van der Waals surface area contributed by atoms with Crippen LogP contribution in [-0.2, 0) is 4.79 Å². The Balaban J connectivity index is 2.31. The van der Waals surface area contributed by atoms with Crippen molar-refractivity contribution >= 4 is 34.1 Å². The van der Waals surface area contributed by atoms with Crippen molar-refractivity contribution in [1.29, 1.82) is 0 Å². The van der Waals surface area contributed by atoms with E-state index in [1.807, 2.05) is 19.1 Å². The fourth-order valence-electron chi connectivity index (χ4n) is 1.91. The zero-order valence-corrected chi connectivity index (χ0v) is 11.4. The highest BCUT2D eigenvalue weighted by Gasteiger charge is 2.14. The Labute approximate surface area is 117 Å². The van der Waals surface area contributed by atoms with Gasteiger partial charge >= 0.3 is 0 Å². The average molecular weight is 278 g/mol. The summed E-state index contributed by atoms with van der Waals surface area (Å²) in [6.07, 6.45) is 3.19. The smallest absolute Gasteiger partial charge is 0.241 e. The largest absolute Gasteiger partial charge is 0.323 e. The van der Waals surface area contributed by atoms with Crippen molar-refractivity contribution in [3.05, 3.63) is 35.5 Å². The van der Waals surface area contributed by atoms with E-state index in [2.05, 4.69) is 10.3 Å². The Morgan fingerprint density at radius 1 is 1.47 bits per heavy atom. The molecule has 100 valence electrons. The van der Waals surface area contributed by atoms with Gasteiger partial charge in [-0.15, -0.1) is 0 Å². The molecule has 0 fully saturated rings. The second-order valence-electron chi connectivity index (χ2n) is 4.38. The maximum absolute atomic E-state index is 11.9.